The predicted octanol–water partition coefficient (Wildman–Crippen LogP) is 2.70. The van der Waals surface area contributed by atoms with Crippen LogP contribution in [0.5, 0.6) is 5.75 Å². The maximum absolute atomic E-state index is 11.2. The Balaban J connectivity index is 3.25. The lowest BCUT2D eigenvalue weighted by atomic mass is 9.89. The Kier molecular flexibility index (Phi) is 5.09. The lowest BCUT2D eigenvalue weighted by Gasteiger charge is -2.22. The van der Waals surface area contributed by atoms with Crippen LogP contribution >= 0.6 is 0 Å². The molecule has 0 fully saturated rings. The van der Waals surface area contributed by atoms with E-state index in [0.29, 0.717) is 5.75 Å². The van der Waals surface area contributed by atoms with Gasteiger partial charge >= 0.3 is 0 Å². The zero-order valence-electron chi connectivity index (χ0n) is 11.3. The van der Waals surface area contributed by atoms with Gasteiger partial charge in [-0.1, -0.05) is 6.92 Å². The first-order valence-corrected chi connectivity index (χ1v) is 6.04. The zero-order valence-corrected chi connectivity index (χ0v) is 11.3. The topological polar surface area (TPSA) is 64.4 Å². The normalized spacial score (nSPS) is 14.0. The molecular formula is C13H20N2O3. The number of nitrogens with one attached hydrogen (secondary N) is 1. The molecular weight excluding hydrogens is 232 g/mol. The second-order valence-electron chi connectivity index (χ2n) is 4.27. The highest BCUT2D eigenvalue weighted by Crippen LogP contribution is 2.33. The zero-order chi connectivity index (χ0) is 13.7. The molecule has 5 heteroatoms. The van der Waals surface area contributed by atoms with Crippen molar-refractivity contribution >= 4 is 5.69 Å². The van der Waals surface area contributed by atoms with Crippen LogP contribution in [-0.4, -0.2) is 25.1 Å². The third-order valence-corrected chi connectivity index (χ3v) is 3.33. The molecule has 0 aromatic heterocycles. The molecule has 0 spiro atoms. The van der Waals surface area contributed by atoms with E-state index in [1.165, 1.54) is 13.2 Å². The summed E-state index contributed by atoms with van der Waals surface area (Å²) in [6.45, 7) is 4.06. The van der Waals surface area contributed by atoms with Gasteiger partial charge in [0.15, 0.2) is 0 Å². The molecule has 1 N–H and O–H groups in total. The lowest BCUT2D eigenvalue weighted by Crippen LogP contribution is -2.29. The van der Waals surface area contributed by atoms with E-state index in [1.807, 2.05) is 20.9 Å². The summed E-state index contributed by atoms with van der Waals surface area (Å²) in [7, 11) is 3.37. The van der Waals surface area contributed by atoms with Crippen LogP contribution in [0.15, 0.2) is 18.2 Å². The molecule has 0 heterocycles. The van der Waals surface area contributed by atoms with Gasteiger partial charge in [-0.15, -0.1) is 0 Å². The summed E-state index contributed by atoms with van der Waals surface area (Å²) in [5.74, 6) is 0.624. The summed E-state index contributed by atoms with van der Waals surface area (Å²) in [6, 6.07) is 5.23. The molecule has 0 saturated carbocycles. The highest BCUT2D eigenvalue weighted by Gasteiger charge is 2.25. The first-order chi connectivity index (χ1) is 8.54. The highest BCUT2D eigenvalue weighted by molar-refractivity contribution is 5.48. The molecule has 0 aliphatic carbocycles. The molecule has 1 aromatic carbocycles. The van der Waals surface area contributed by atoms with Gasteiger partial charge in [-0.3, -0.25) is 10.1 Å². The van der Waals surface area contributed by atoms with Crippen molar-refractivity contribution in [2.75, 3.05) is 14.2 Å². The van der Waals surface area contributed by atoms with Gasteiger partial charge in [-0.25, -0.2) is 0 Å². The van der Waals surface area contributed by atoms with E-state index < -0.39 is 0 Å². The Bertz CT molecular complexity index is 421. The summed E-state index contributed by atoms with van der Waals surface area (Å²) < 4.78 is 5.04. The number of nitrogens with zero attached hydrogens (tertiary/aromatic N) is 1. The predicted molar refractivity (Wildman–Crippen MR) is 71.2 cm³/mol. The van der Waals surface area contributed by atoms with E-state index in [-0.39, 0.29) is 22.6 Å². The fraction of sp³-hybridized carbons (Fsp3) is 0.538. The van der Waals surface area contributed by atoms with Crippen LogP contribution in [0.1, 0.15) is 31.7 Å². The summed E-state index contributed by atoms with van der Waals surface area (Å²) >= 11 is 0. The maximum atomic E-state index is 11.2. The number of methoxy groups -OCH3 is 1. The first-order valence-electron chi connectivity index (χ1n) is 6.04. The largest absolute Gasteiger partial charge is 0.497 e. The average molecular weight is 252 g/mol. The van der Waals surface area contributed by atoms with Crippen LogP contribution in [0.2, 0.25) is 0 Å². The minimum Gasteiger partial charge on any atom is -0.497 e. The summed E-state index contributed by atoms with van der Waals surface area (Å²) in [5, 5.41) is 14.3. The maximum Gasteiger partial charge on any atom is 0.276 e. The third kappa shape index (κ3) is 2.98. The summed E-state index contributed by atoms with van der Waals surface area (Å²) in [6.07, 6.45) is 0.842. The third-order valence-electron chi connectivity index (χ3n) is 3.33. The van der Waals surface area contributed by atoms with E-state index in [0.717, 1.165) is 12.0 Å². The molecule has 0 aliphatic rings. The Morgan fingerprint density at radius 3 is 2.61 bits per heavy atom. The molecule has 0 amide bonds. The van der Waals surface area contributed by atoms with Crippen molar-refractivity contribution in [3.63, 3.8) is 0 Å². The van der Waals surface area contributed by atoms with Gasteiger partial charge in [0.25, 0.3) is 5.69 Å². The Hall–Kier alpha value is -1.62. The SMILES string of the molecule is CCC(c1ccc(OC)cc1[N+](=O)[O-])C(C)NC. The summed E-state index contributed by atoms with van der Waals surface area (Å²) in [4.78, 5) is 10.8. The second-order valence-corrected chi connectivity index (χ2v) is 4.27. The Labute approximate surface area is 107 Å². The molecule has 1 aromatic rings. The number of nitro groups is 1. The van der Waals surface area contributed by atoms with E-state index in [1.54, 1.807) is 12.1 Å². The number of benzene rings is 1. The fourth-order valence-corrected chi connectivity index (χ4v) is 2.17. The van der Waals surface area contributed by atoms with Crippen LogP contribution < -0.4 is 10.1 Å². The van der Waals surface area contributed by atoms with E-state index >= 15 is 0 Å². The fourth-order valence-electron chi connectivity index (χ4n) is 2.17. The molecule has 0 aliphatic heterocycles. The van der Waals surface area contributed by atoms with Crippen molar-refractivity contribution < 1.29 is 9.66 Å². The first kappa shape index (κ1) is 14.4. The molecule has 2 atom stereocenters. The van der Waals surface area contributed by atoms with Gasteiger partial charge in [0.2, 0.25) is 0 Å². The van der Waals surface area contributed by atoms with Crippen LogP contribution in [0.25, 0.3) is 0 Å². The van der Waals surface area contributed by atoms with Crippen LogP contribution in [0.3, 0.4) is 0 Å². The monoisotopic (exact) mass is 252 g/mol. The van der Waals surface area contributed by atoms with E-state index in [2.05, 4.69) is 5.32 Å². The standard InChI is InChI=1S/C13H20N2O3/c1-5-11(9(2)14-3)12-7-6-10(18-4)8-13(12)15(16)17/h6-9,11,14H,5H2,1-4H3. The molecule has 1 rings (SSSR count). The number of likely N-dealkylation sites (N-methyl/N-ethyl adjacent to an activating group) is 1. The van der Waals surface area contributed by atoms with Gasteiger partial charge < -0.3 is 10.1 Å². The van der Waals surface area contributed by atoms with Crippen molar-refractivity contribution in [3.8, 4) is 5.75 Å². The van der Waals surface area contributed by atoms with Gasteiger partial charge in [-0.05, 0) is 32.5 Å². The van der Waals surface area contributed by atoms with Crippen molar-refractivity contribution in [3.05, 3.63) is 33.9 Å². The number of hydrogen-bond donors (Lipinski definition) is 1. The minimum atomic E-state index is -0.344. The number of hydrogen-bond acceptors (Lipinski definition) is 4. The smallest absolute Gasteiger partial charge is 0.276 e. The molecule has 2 unspecified atom stereocenters. The average Bonchev–Trinajstić information content (AvgIpc) is 2.39. The lowest BCUT2D eigenvalue weighted by molar-refractivity contribution is -0.385. The quantitative estimate of drug-likeness (QED) is 0.624. The van der Waals surface area contributed by atoms with Crippen molar-refractivity contribution in [2.45, 2.75) is 32.2 Å². The van der Waals surface area contributed by atoms with Gasteiger partial charge in [0.1, 0.15) is 5.75 Å². The molecule has 100 valence electrons. The summed E-state index contributed by atoms with van der Waals surface area (Å²) in [5.41, 5.74) is 0.883. The van der Waals surface area contributed by atoms with Gasteiger partial charge in [0.05, 0.1) is 18.1 Å². The highest BCUT2D eigenvalue weighted by atomic mass is 16.6. The van der Waals surface area contributed by atoms with Crippen LogP contribution in [0.4, 0.5) is 5.69 Å². The Morgan fingerprint density at radius 1 is 1.50 bits per heavy atom. The van der Waals surface area contributed by atoms with Crippen LogP contribution in [0, 0.1) is 10.1 Å². The Morgan fingerprint density at radius 2 is 2.17 bits per heavy atom. The second kappa shape index (κ2) is 6.35. The molecule has 0 saturated heterocycles. The van der Waals surface area contributed by atoms with Gasteiger partial charge in [0, 0.05) is 17.5 Å². The number of nitro benzene ring substituents is 1. The van der Waals surface area contributed by atoms with Gasteiger partial charge in [-0.2, -0.15) is 0 Å². The van der Waals surface area contributed by atoms with Crippen molar-refractivity contribution in [2.24, 2.45) is 0 Å². The van der Waals surface area contributed by atoms with E-state index in [9.17, 15) is 10.1 Å². The van der Waals surface area contributed by atoms with Crippen molar-refractivity contribution in [1.29, 1.82) is 0 Å². The minimum absolute atomic E-state index is 0.112. The van der Waals surface area contributed by atoms with E-state index in [4.69, 9.17) is 4.74 Å². The van der Waals surface area contributed by atoms with Crippen molar-refractivity contribution in [1.82, 2.24) is 5.32 Å². The molecule has 0 bridgehead atoms. The van der Waals surface area contributed by atoms with Crippen LogP contribution in [-0.2, 0) is 0 Å². The number of rotatable bonds is 6. The molecule has 18 heavy (non-hydrogen) atoms. The number of ether oxygens (including phenoxy) is 1. The molecule has 5 nitrogen and oxygen atoms in total. The molecule has 0 radical (unpaired) electrons.